The zero-order valence-corrected chi connectivity index (χ0v) is 17.2. The summed E-state index contributed by atoms with van der Waals surface area (Å²) < 4.78 is 0. The average Bonchev–Trinajstić information content (AvgIpc) is 2.74. The summed E-state index contributed by atoms with van der Waals surface area (Å²) in [6.07, 6.45) is 5.17. The summed E-state index contributed by atoms with van der Waals surface area (Å²) in [6.45, 7) is 3.60. The third-order valence-corrected chi connectivity index (χ3v) is 6.15. The van der Waals surface area contributed by atoms with Crippen LogP contribution in [0.4, 0.5) is 4.79 Å². The van der Waals surface area contributed by atoms with E-state index < -0.39 is 5.60 Å². The van der Waals surface area contributed by atoms with E-state index in [9.17, 15) is 9.90 Å². The Balaban J connectivity index is 1.40. The number of hydrogen-bond acceptors (Lipinski definition) is 5. The number of likely N-dealkylation sites (tertiary alicyclic amines) is 2. The van der Waals surface area contributed by atoms with Crippen molar-refractivity contribution in [1.29, 1.82) is 0 Å². The van der Waals surface area contributed by atoms with E-state index in [1.165, 1.54) is 0 Å². The molecule has 0 unspecified atom stereocenters. The van der Waals surface area contributed by atoms with Crippen LogP contribution in [-0.4, -0.2) is 81.7 Å². The zero-order chi connectivity index (χ0) is 20.4. The summed E-state index contributed by atoms with van der Waals surface area (Å²) in [7, 11) is 3.55. The lowest BCUT2D eigenvalue weighted by Crippen LogP contribution is -2.61. The topological polar surface area (TPSA) is 72.8 Å². The number of amides is 2. The minimum atomic E-state index is -0.659. The normalized spacial score (nSPS) is 24.8. The molecule has 2 fully saturated rings. The van der Waals surface area contributed by atoms with Crippen molar-refractivity contribution >= 4 is 6.03 Å². The standard InChI is InChI=1S/C22H29N5O2/c1-25(2)21(28)27-11-9-22(29)8-10-26(15-19(22)16-27)14-17-12-23-20(24-13-17)18-6-4-3-5-7-18/h3-7,12-13,19,29H,8-11,14-16H2,1-2H3/t19-,22-/m0/s1. The van der Waals surface area contributed by atoms with Gasteiger partial charge in [-0.25, -0.2) is 14.8 Å². The maximum Gasteiger partial charge on any atom is 0.319 e. The van der Waals surface area contributed by atoms with E-state index in [1.807, 2.05) is 47.6 Å². The predicted octanol–water partition coefficient (Wildman–Crippen LogP) is 2.08. The number of urea groups is 1. The van der Waals surface area contributed by atoms with E-state index in [1.54, 1.807) is 19.0 Å². The number of hydrogen-bond donors (Lipinski definition) is 1. The number of benzene rings is 1. The van der Waals surface area contributed by atoms with Crippen LogP contribution in [0.5, 0.6) is 0 Å². The molecular weight excluding hydrogens is 366 g/mol. The van der Waals surface area contributed by atoms with Crippen molar-refractivity contribution in [2.24, 2.45) is 5.92 Å². The first-order valence-electron chi connectivity index (χ1n) is 10.2. The average molecular weight is 396 g/mol. The second-order valence-corrected chi connectivity index (χ2v) is 8.44. The Bertz CT molecular complexity index is 842. The van der Waals surface area contributed by atoms with E-state index in [0.717, 1.165) is 43.0 Å². The van der Waals surface area contributed by atoms with Gasteiger partial charge in [0.1, 0.15) is 0 Å². The highest BCUT2D eigenvalue weighted by Gasteiger charge is 2.46. The predicted molar refractivity (Wildman–Crippen MR) is 111 cm³/mol. The van der Waals surface area contributed by atoms with Crippen LogP contribution in [0.3, 0.4) is 0 Å². The number of carbonyl (C=O) groups is 1. The third-order valence-electron chi connectivity index (χ3n) is 6.15. The fraction of sp³-hybridized carbons (Fsp3) is 0.500. The molecule has 0 saturated carbocycles. The maximum atomic E-state index is 12.3. The van der Waals surface area contributed by atoms with Crippen LogP contribution in [0.15, 0.2) is 42.7 Å². The van der Waals surface area contributed by atoms with E-state index in [2.05, 4.69) is 14.9 Å². The van der Waals surface area contributed by atoms with Crippen molar-refractivity contribution in [3.63, 3.8) is 0 Å². The molecule has 7 nitrogen and oxygen atoms in total. The third kappa shape index (κ3) is 4.26. The molecule has 4 rings (SSSR count). The second-order valence-electron chi connectivity index (χ2n) is 8.44. The van der Waals surface area contributed by atoms with Gasteiger partial charge in [0.15, 0.2) is 5.82 Å². The SMILES string of the molecule is CN(C)C(=O)N1CC[C@@]2(O)CCN(Cc3cnc(-c4ccccc4)nc3)C[C@H]2C1. The van der Waals surface area contributed by atoms with Crippen LogP contribution in [0.1, 0.15) is 18.4 Å². The van der Waals surface area contributed by atoms with Crippen LogP contribution in [0.2, 0.25) is 0 Å². The Morgan fingerprint density at radius 3 is 2.52 bits per heavy atom. The molecule has 2 atom stereocenters. The molecule has 2 aliphatic heterocycles. The Morgan fingerprint density at radius 1 is 1.14 bits per heavy atom. The molecule has 2 amide bonds. The monoisotopic (exact) mass is 395 g/mol. The van der Waals surface area contributed by atoms with Crippen LogP contribution in [0, 0.1) is 5.92 Å². The molecule has 0 spiro atoms. The Hall–Kier alpha value is -2.51. The van der Waals surface area contributed by atoms with Gasteiger partial charge in [-0.3, -0.25) is 4.90 Å². The summed E-state index contributed by atoms with van der Waals surface area (Å²) in [5.41, 5.74) is 1.41. The first-order chi connectivity index (χ1) is 13.9. The van der Waals surface area contributed by atoms with E-state index in [-0.39, 0.29) is 11.9 Å². The Morgan fingerprint density at radius 2 is 1.83 bits per heavy atom. The Kier molecular flexibility index (Phi) is 5.52. The van der Waals surface area contributed by atoms with Crippen LogP contribution >= 0.6 is 0 Å². The van der Waals surface area contributed by atoms with Crippen molar-refractivity contribution in [2.45, 2.75) is 25.0 Å². The van der Waals surface area contributed by atoms with Crippen molar-refractivity contribution in [1.82, 2.24) is 24.7 Å². The van der Waals surface area contributed by atoms with Gasteiger partial charge in [0.2, 0.25) is 0 Å². The lowest BCUT2D eigenvalue weighted by molar-refractivity contribution is -0.108. The van der Waals surface area contributed by atoms with Gasteiger partial charge in [-0.2, -0.15) is 0 Å². The lowest BCUT2D eigenvalue weighted by atomic mass is 9.75. The number of carbonyl (C=O) groups excluding carboxylic acids is 1. The molecule has 2 saturated heterocycles. The first kappa shape index (κ1) is 19.8. The van der Waals surface area contributed by atoms with E-state index in [4.69, 9.17) is 0 Å². The van der Waals surface area contributed by atoms with E-state index in [0.29, 0.717) is 19.5 Å². The molecule has 29 heavy (non-hydrogen) atoms. The number of rotatable bonds is 3. The number of nitrogens with zero attached hydrogens (tertiary/aromatic N) is 5. The molecule has 0 aliphatic carbocycles. The van der Waals surface area contributed by atoms with Gasteiger partial charge in [0, 0.05) is 76.3 Å². The summed E-state index contributed by atoms with van der Waals surface area (Å²) in [4.78, 5) is 27.2. The highest BCUT2D eigenvalue weighted by Crippen LogP contribution is 2.36. The highest BCUT2D eigenvalue weighted by molar-refractivity contribution is 5.74. The molecule has 7 heteroatoms. The fourth-order valence-electron chi connectivity index (χ4n) is 4.40. The van der Waals surface area contributed by atoms with E-state index >= 15 is 0 Å². The van der Waals surface area contributed by atoms with Gasteiger partial charge in [-0.05, 0) is 12.8 Å². The van der Waals surface area contributed by atoms with Crippen molar-refractivity contribution in [3.8, 4) is 11.4 Å². The molecule has 1 aromatic heterocycles. The number of aliphatic hydroxyl groups is 1. The van der Waals surface area contributed by atoms with Crippen molar-refractivity contribution < 1.29 is 9.90 Å². The van der Waals surface area contributed by atoms with Gasteiger partial charge in [0.05, 0.1) is 5.60 Å². The number of piperidine rings is 2. The largest absolute Gasteiger partial charge is 0.389 e. The molecule has 0 bridgehead atoms. The molecule has 1 aromatic carbocycles. The minimum absolute atomic E-state index is 0.0223. The van der Waals surface area contributed by atoms with Gasteiger partial charge >= 0.3 is 6.03 Å². The smallest absolute Gasteiger partial charge is 0.319 e. The summed E-state index contributed by atoms with van der Waals surface area (Å²) >= 11 is 0. The van der Waals surface area contributed by atoms with Crippen LogP contribution < -0.4 is 0 Å². The lowest BCUT2D eigenvalue weighted by Gasteiger charge is -2.50. The van der Waals surface area contributed by atoms with Gasteiger partial charge in [0.25, 0.3) is 0 Å². The first-order valence-corrected chi connectivity index (χ1v) is 10.2. The molecular formula is C22H29N5O2. The zero-order valence-electron chi connectivity index (χ0n) is 17.2. The highest BCUT2D eigenvalue weighted by atomic mass is 16.3. The van der Waals surface area contributed by atoms with Crippen LogP contribution in [-0.2, 0) is 6.54 Å². The summed E-state index contributed by atoms with van der Waals surface area (Å²) in [6, 6.07) is 9.98. The van der Waals surface area contributed by atoms with Gasteiger partial charge in [-0.1, -0.05) is 30.3 Å². The quantitative estimate of drug-likeness (QED) is 0.862. The molecule has 1 N–H and O–H groups in total. The van der Waals surface area contributed by atoms with Crippen LogP contribution in [0.25, 0.3) is 11.4 Å². The molecule has 2 aromatic rings. The van der Waals surface area contributed by atoms with Gasteiger partial charge < -0.3 is 14.9 Å². The number of fused-ring (bicyclic) bond motifs is 1. The Labute approximate surface area is 172 Å². The number of aromatic nitrogens is 2. The van der Waals surface area contributed by atoms with Crippen molar-refractivity contribution in [3.05, 3.63) is 48.3 Å². The second kappa shape index (κ2) is 8.08. The molecule has 3 heterocycles. The molecule has 0 radical (unpaired) electrons. The summed E-state index contributed by atoms with van der Waals surface area (Å²) in [5.74, 6) is 0.797. The molecule has 2 aliphatic rings. The van der Waals surface area contributed by atoms with Gasteiger partial charge in [-0.15, -0.1) is 0 Å². The fourth-order valence-corrected chi connectivity index (χ4v) is 4.40. The van der Waals surface area contributed by atoms with Crippen molar-refractivity contribution in [2.75, 3.05) is 40.3 Å². The maximum absolute atomic E-state index is 12.3. The molecule has 154 valence electrons. The minimum Gasteiger partial charge on any atom is -0.389 e. The summed E-state index contributed by atoms with van der Waals surface area (Å²) in [5, 5.41) is 11.1.